The van der Waals surface area contributed by atoms with Crippen LogP contribution in [0.1, 0.15) is 0 Å². The number of benzene rings is 2. The summed E-state index contributed by atoms with van der Waals surface area (Å²) in [5.41, 5.74) is 3.74. The smallest absolute Gasteiger partial charge is 0.0905 e. The third kappa shape index (κ3) is 2.31. The minimum absolute atomic E-state index is 0.883. The molecule has 0 unspecified atom stereocenters. The van der Waals surface area contributed by atoms with Crippen LogP contribution >= 0.6 is 31.9 Å². The summed E-state index contributed by atoms with van der Waals surface area (Å²) in [5, 5.41) is 0. The van der Waals surface area contributed by atoms with Crippen LogP contribution in [0.25, 0.3) is 22.3 Å². The predicted molar refractivity (Wildman–Crippen MR) is 80.4 cm³/mol. The quantitative estimate of drug-likeness (QED) is 0.619. The zero-order chi connectivity index (χ0) is 12.5. The highest BCUT2D eigenvalue weighted by Gasteiger charge is 2.03. The van der Waals surface area contributed by atoms with Gasteiger partial charge in [-0.1, -0.05) is 44.0 Å². The first-order valence-electron chi connectivity index (χ1n) is 5.41. The van der Waals surface area contributed by atoms with Gasteiger partial charge in [0.15, 0.2) is 0 Å². The van der Waals surface area contributed by atoms with Crippen molar-refractivity contribution in [1.29, 1.82) is 0 Å². The van der Waals surface area contributed by atoms with Crippen LogP contribution in [-0.2, 0) is 0 Å². The summed E-state index contributed by atoms with van der Waals surface area (Å²) < 4.78 is 2.07. The maximum Gasteiger partial charge on any atom is 0.0905 e. The normalized spacial score (nSPS) is 10.8. The molecular weight excluding hydrogens is 356 g/mol. The summed E-state index contributed by atoms with van der Waals surface area (Å²) in [6.45, 7) is 0. The molecule has 2 aromatic carbocycles. The lowest BCUT2D eigenvalue weighted by Crippen LogP contribution is -1.88. The van der Waals surface area contributed by atoms with E-state index < -0.39 is 0 Å². The second-order valence-corrected chi connectivity index (χ2v) is 5.73. The molecule has 0 radical (unpaired) electrons. The van der Waals surface area contributed by atoms with Gasteiger partial charge in [0.05, 0.1) is 22.9 Å². The molecule has 0 aliphatic heterocycles. The maximum atomic E-state index is 4.63. The molecule has 0 N–H and O–H groups in total. The van der Waals surface area contributed by atoms with E-state index >= 15 is 0 Å². The summed E-state index contributed by atoms with van der Waals surface area (Å²) in [6.07, 6.45) is 1.81. The highest BCUT2D eigenvalue weighted by molar-refractivity contribution is 9.10. The Balaban J connectivity index is 2.15. The molecule has 3 rings (SSSR count). The van der Waals surface area contributed by atoms with Crippen molar-refractivity contribution in [2.24, 2.45) is 0 Å². The van der Waals surface area contributed by atoms with E-state index in [0.717, 1.165) is 31.2 Å². The fourth-order valence-electron chi connectivity index (χ4n) is 1.74. The third-order valence-corrected chi connectivity index (χ3v) is 3.67. The lowest BCUT2D eigenvalue weighted by molar-refractivity contribution is 1.29. The Morgan fingerprint density at radius 3 is 2.28 bits per heavy atom. The molecule has 0 saturated carbocycles. The monoisotopic (exact) mass is 362 g/mol. The fraction of sp³-hybridized carbons (Fsp3) is 0. The Morgan fingerprint density at radius 2 is 1.50 bits per heavy atom. The van der Waals surface area contributed by atoms with E-state index in [-0.39, 0.29) is 0 Å². The van der Waals surface area contributed by atoms with Crippen molar-refractivity contribution in [3.05, 3.63) is 57.6 Å². The van der Waals surface area contributed by atoms with Crippen LogP contribution in [-0.4, -0.2) is 9.97 Å². The predicted octanol–water partition coefficient (Wildman–Crippen LogP) is 4.82. The topological polar surface area (TPSA) is 25.8 Å². The van der Waals surface area contributed by atoms with Gasteiger partial charge in [-0.05, 0) is 30.3 Å². The molecule has 0 fully saturated rings. The Hall–Kier alpha value is -1.26. The molecule has 0 bridgehead atoms. The first-order chi connectivity index (χ1) is 8.72. The van der Waals surface area contributed by atoms with Gasteiger partial charge in [0.2, 0.25) is 0 Å². The number of halogens is 2. The molecule has 0 aliphatic rings. The van der Waals surface area contributed by atoms with Crippen LogP contribution in [0.4, 0.5) is 0 Å². The van der Waals surface area contributed by atoms with Crippen molar-refractivity contribution in [3.8, 4) is 11.3 Å². The number of fused-ring (bicyclic) bond motifs is 1. The van der Waals surface area contributed by atoms with Crippen molar-refractivity contribution in [2.75, 3.05) is 0 Å². The number of nitrogens with zero attached hydrogens (tertiary/aromatic N) is 2. The van der Waals surface area contributed by atoms with Gasteiger partial charge >= 0.3 is 0 Å². The van der Waals surface area contributed by atoms with Gasteiger partial charge in [0.25, 0.3) is 0 Å². The molecule has 0 aliphatic carbocycles. The van der Waals surface area contributed by atoms with Crippen molar-refractivity contribution in [1.82, 2.24) is 9.97 Å². The minimum atomic E-state index is 0.883. The van der Waals surface area contributed by atoms with E-state index in [0.29, 0.717) is 0 Å². The van der Waals surface area contributed by atoms with Crippen LogP contribution in [0, 0.1) is 0 Å². The van der Waals surface area contributed by atoms with Crippen molar-refractivity contribution < 1.29 is 0 Å². The molecular formula is C14H8Br2N2. The summed E-state index contributed by atoms with van der Waals surface area (Å²) in [7, 11) is 0. The van der Waals surface area contributed by atoms with Gasteiger partial charge in [-0.2, -0.15) is 0 Å². The lowest BCUT2D eigenvalue weighted by atomic mass is 10.1. The van der Waals surface area contributed by atoms with Gasteiger partial charge in [0.1, 0.15) is 0 Å². The third-order valence-electron chi connectivity index (χ3n) is 2.64. The molecule has 0 amide bonds. The molecule has 0 spiro atoms. The average Bonchev–Trinajstić information content (AvgIpc) is 2.38. The summed E-state index contributed by atoms with van der Waals surface area (Å²) in [6, 6.07) is 14.0. The van der Waals surface area contributed by atoms with E-state index in [1.165, 1.54) is 0 Å². The van der Waals surface area contributed by atoms with Crippen LogP contribution in [0.5, 0.6) is 0 Å². The Kier molecular flexibility index (Phi) is 3.14. The Bertz CT molecular complexity index is 709. The fourth-order valence-corrected chi connectivity index (χ4v) is 2.36. The molecule has 3 aromatic rings. The maximum absolute atomic E-state index is 4.63. The van der Waals surface area contributed by atoms with Crippen molar-refractivity contribution >= 4 is 42.9 Å². The largest absolute Gasteiger partial charge is 0.252 e. The van der Waals surface area contributed by atoms with Crippen LogP contribution < -0.4 is 0 Å². The van der Waals surface area contributed by atoms with E-state index in [2.05, 4.69) is 41.8 Å². The molecule has 2 nitrogen and oxygen atoms in total. The highest BCUT2D eigenvalue weighted by Crippen LogP contribution is 2.22. The summed E-state index contributed by atoms with van der Waals surface area (Å²) >= 11 is 6.87. The molecule has 0 atom stereocenters. The Labute approximate surface area is 121 Å². The van der Waals surface area contributed by atoms with Gasteiger partial charge in [-0.25, -0.2) is 4.98 Å². The zero-order valence-electron chi connectivity index (χ0n) is 9.27. The molecule has 18 heavy (non-hydrogen) atoms. The first kappa shape index (κ1) is 11.8. The summed E-state index contributed by atoms with van der Waals surface area (Å²) in [5.74, 6) is 0. The molecule has 4 heteroatoms. The lowest BCUT2D eigenvalue weighted by Gasteiger charge is -2.03. The minimum Gasteiger partial charge on any atom is -0.252 e. The zero-order valence-corrected chi connectivity index (χ0v) is 12.4. The molecule has 1 heterocycles. The van der Waals surface area contributed by atoms with Gasteiger partial charge in [-0.3, -0.25) is 4.98 Å². The summed E-state index contributed by atoms with van der Waals surface area (Å²) in [4.78, 5) is 9.05. The molecule has 1 aromatic heterocycles. The Morgan fingerprint density at radius 1 is 0.778 bits per heavy atom. The van der Waals surface area contributed by atoms with Crippen LogP contribution in [0.2, 0.25) is 0 Å². The average molecular weight is 364 g/mol. The molecule has 88 valence electrons. The second kappa shape index (κ2) is 4.78. The van der Waals surface area contributed by atoms with Crippen LogP contribution in [0.3, 0.4) is 0 Å². The van der Waals surface area contributed by atoms with Crippen LogP contribution in [0.15, 0.2) is 57.6 Å². The number of rotatable bonds is 1. The molecule has 0 saturated heterocycles. The van der Waals surface area contributed by atoms with E-state index in [4.69, 9.17) is 0 Å². The SMILES string of the molecule is Brc1ccc(-c2cnc3ccc(Br)cc3n2)cc1. The van der Waals surface area contributed by atoms with E-state index in [1.54, 1.807) is 6.20 Å². The van der Waals surface area contributed by atoms with E-state index in [9.17, 15) is 0 Å². The van der Waals surface area contributed by atoms with Gasteiger partial charge < -0.3 is 0 Å². The first-order valence-corrected chi connectivity index (χ1v) is 6.99. The van der Waals surface area contributed by atoms with Gasteiger partial charge in [0, 0.05) is 14.5 Å². The van der Waals surface area contributed by atoms with E-state index in [1.807, 2.05) is 42.5 Å². The number of hydrogen-bond acceptors (Lipinski definition) is 2. The standard InChI is InChI=1S/C14H8Br2N2/c15-10-3-1-9(2-4-10)14-8-17-12-6-5-11(16)7-13(12)18-14/h1-8H. The number of aromatic nitrogens is 2. The highest BCUT2D eigenvalue weighted by atomic mass is 79.9. The van der Waals surface area contributed by atoms with Crippen molar-refractivity contribution in [3.63, 3.8) is 0 Å². The van der Waals surface area contributed by atoms with Crippen molar-refractivity contribution in [2.45, 2.75) is 0 Å². The second-order valence-electron chi connectivity index (χ2n) is 3.90. The van der Waals surface area contributed by atoms with Gasteiger partial charge in [-0.15, -0.1) is 0 Å². The number of hydrogen-bond donors (Lipinski definition) is 0.